The van der Waals surface area contributed by atoms with Gasteiger partial charge in [0, 0.05) is 18.3 Å². The fourth-order valence-electron chi connectivity index (χ4n) is 3.63. The lowest BCUT2D eigenvalue weighted by Crippen LogP contribution is -2.47. The molecule has 5 amide bonds. The van der Waals surface area contributed by atoms with E-state index in [2.05, 4.69) is 16.0 Å². The van der Waals surface area contributed by atoms with Crippen molar-refractivity contribution >= 4 is 35.1 Å². The smallest absolute Gasteiger partial charge is 0.326 e. The fourth-order valence-corrected chi connectivity index (χ4v) is 3.63. The predicted octanol–water partition coefficient (Wildman–Crippen LogP) is 3.14. The molecule has 0 aliphatic carbocycles. The summed E-state index contributed by atoms with van der Waals surface area (Å²) in [6, 6.07) is 12.4. The summed E-state index contributed by atoms with van der Waals surface area (Å²) in [6.07, 6.45) is 0.357. The minimum atomic E-state index is -1.20. The molecule has 1 heterocycles. The number of benzene rings is 2. The molecule has 0 saturated carbocycles. The van der Waals surface area contributed by atoms with Gasteiger partial charge in [-0.3, -0.25) is 14.4 Å². The summed E-state index contributed by atoms with van der Waals surface area (Å²) < 4.78 is 0. The van der Waals surface area contributed by atoms with Gasteiger partial charge in [0.25, 0.3) is 5.91 Å². The van der Waals surface area contributed by atoms with Crippen molar-refractivity contribution in [1.82, 2.24) is 10.2 Å². The van der Waals surface area contributed by atoms with Crippen LogP contribution >= 0.6 is 0 Å². The van der Waals surface area contributed by atoms with E-state index >= 15 is 0 Å². The average molecular weight is 422 g/mol. The van der Waals surface area contributed by atoms with Gasteiger partial charge >= 0.3 is 6.03 Å². The molecule has 1 aliphatic heterocycles. The molecule has 8 heteroatoms. The van der Waals surface area contributed by atoms with E-state index in [0.717, 1.165) is 10.5 Å². The number of aryl methyl sites for hydroxylation is 1. The van der Waals surface area contributed by atoms with Crippen LogP contribution in [-0.2, 0) is 19.9 Å². The molecular formula is C23H26N4O4. The van der Waals surface area contributed by atoms with Crippen molar-refractivity contribution in [3.63, 3.8) is 0 Å². The van der Waals surface area contributed by atoms with Crippen LogP contribution in [0.2, 0.25) is 0 Å². The number of imide groups is 1. The zero-order valence-corrected chi connectivity index (χ0v) is 18.0. The van der Waals surface area contributed by atoms with Crippen LogP contribution in [0.25, 0.3) is 0 Å². The standard InChI is InChI=1S/C23H26N4O4/c1-5-23(17-8-6-14(2)7-9-17)21(30)27(22(31)26-23)15(3)20(29)25-19-12-10-18(11-13-19)24-16(4)28/h6-13,15H,5H2,1-4H3,(H,24,28)(H,25,29)(H,26,31)/t15-,23+/m1/s1. The molecule has 2 aromatic carbocycles. The van der Waals surface area contributed by atoms with Gasteiger partial charge in [-0.05, 0) is 50.1 Å². The van der Waals surface area contributed by atoms with Crippen LogP contribution in [0.4, 0.5) is 16.2 Å². The topological polar surface area (TPSA) is 108 Å². The Hall–Kier alpha value is -3.68. The van der Waals surface area contributed by atoms with Gasteiger partial charge in [0.2, 0.25) is 11.8 Å². The molecule has 1 aliphatic rings. The van der Waals surface area contributed by atoms with E-state index in [-0.39, 0.29) is 5.91 Å². The van der Waals surface area contributed by atoms with Crippen molar-refractivity contribution in [2.45, 2.75) is 45.7 Å². The van der Waals surface area contributed by atoms with E-state index in [0.29, 0.717) is 23.4 Å². The number of nitrogens with zero attached hydrogens (tertiary/aromatic N) is 1. The Morgan fingerprint density at radius 2 is 1.55 bits per heavy atom. The summed E-state index contributed by atoms with van der Waals surface area (Å²) in [7, 11) is 0. The molecule has 0 radical (unpaired) electrons. The Morgan fingerprint density at radius 1 is 1.00 bits per heavy atom. The third kappa shape index (κ3) is 4.28. The van der Waals surface area contributed by atoms with Crippen molar-refractivity contribution in [2.24, 2.45) is 0 Å². The number of rotatable bonds is 6. The van der Waals surface area contributed by atoms with E-state index in [1.165, 1.54) is 13.8 Å². The lowest BCUT2D eigenvalue weighted by Gasteiger charge is -2.27. The van der Waals surface area contributed by atoms with E-state index in [9.17, 15) is 19.2 Å². The van der Waals surface area contributed by atoms with Gasteiger partial charge in [0.1, 0.15) is 11.6 Å². The molecule has 162 valence electrons. The van der Waals surface area contributed by atoms with Crippen molar-refractivity contribution < 1.29 is 19.2 Å². The third-order valence-electron chi connectivity index (χ3n) is 5.44. The predicted molar refractivity (Wildman–Crippen MR) is 117 cm³/mol. The maximum Gasteiger partial charge on any atom is 0.326 e. The Morgan fingerprint density at radius 3 is 2.06 bits per heavy atom. The molecule has 1 fully saturated rings. The van der Waals surface area contributed by atoms with Gasteiger partial charge in [-0.2, -0.15) is 0 Å². The van der Waals surface area contributed by atoms with E-state index in [1.807, 2.05) is 38.1 Å². The molecule has 0 unspecified atom stereocenters. The first-order valence-corrected chi connectivity index (χ1v) is 10.1. The molecule has 31 heavy (non-hydrogen) atoms. The summed E-state index contributed by atoms with van der Waals surface area (Å²) in [5.41, 5.74) is 1.61. The highest BCUT2D eigenvalue weighted by Crippen LogP contribution is 2.33. The summed E-state index contributed by atoms with van der Waals surface area (Å²) in [4.78, 5) is 50.9. The number of urea groups is 1. The highest BCUT2D eigenvalue weighted by molar-refractivity contribution is 6.11. The molecule has 0 bridgehead atoms. The minimum absolute atomic E-state index is 0.197. The third-order valence-corrected chi connectivity index (χ3v) is 5.44. The molecule has 2 atom stereocenters. The number of nitrogens with one attached hydrogen (secondary N) is 3. The largest absolute Gasteiger partial charge is 0.326 e. The molecule has 3 N–H and O–H groups in total. The number of hydrogen-bond acceptors (Lipinski definition) is 4. The summed E-state index contributed by atoms with van der Waals surface area (Å²) in [5.74, 6) is -1.14. The maximum absolute atomic E-state index is 13.3. The second-order valence-corrected chi connectivity index (χ2v) is 7.65. The number of hydrogen-bond donors (Lipinski definition) is 3. The molecule has 1 saturated heterocycles. The quantitative estimate of drug-likeness (QED) is 0.622. The van der Waals surface area contributed by atoms with Crippen LogP contribution in [0.5, 0.6) is 0 Å². The van der Waals surface area contributed by atoms with Crippen LogP contribution in [0.3, 0.4) is 0 Å². The van der Waals surface area contributed by atoms with Crippen molar-refractivity contribution in [2.75, 3.05) is 10.6 Å². The Bertz CT molecular complexity index is 1020. The molecule has 0 aromatic heterocycles. The maximum atomic E-state index is 13.3. The monoisotopic (exact) mass is 422 g/mol. The molecule has 0 spiro atoms. The lowest BCUT2D eigenvalue weighted by atomic mass is 9.86. The number of carbonyl (C=O) groups excluding carboxylic acids is 4. The van der Waals surface area contributed by atoms with E-state index in [4.69, 9.17) is 0 Å². The molecule has 2 aromatic rings. The number of carbonyl (C=O) groups is 4. The van der Waals surface area contributed by atoms with Gasteiger partial charge in [-0.1, -0.05) is 36.8 Å². The first-order valence-electron chi connectivity index (χ1n) is 10.1. The van der Waals surface area contributed by atoms with Crippen LogP contribution < -0.4 is 16.0 Å². The highest BCUT2D eigenvalue weighted by Gasteiger charge is 2.53. The van der Waals surface area contributed by atoms with Gasteiger partial charge in [-0.25, -0.2) is 9.69 Å². The summed E-state index contributed by atoms with van der Waals surface area (Å²) in [5, 5.41) is 8.14. The number of amides is 5. The Balaban J connectivity index is 1.77. The van der Waals surface area contributed by atoms with Crippen molar-refractivity contribution in [1.29, 1.82) is 0 Å². The second-order valence-electron chi connectivity index (χ2n) is 7.65. The van der Waals surface area contributed by atoms with Gasteiger partial charge in [-0.15, -0.1) is 0 Å². The summed E-state index contributed by atoms with van der Waals surface area (Å²) >= 11 is 0. The highest BCUT2D eigenvalue weighted by atomic mass is 16.2. The van der Waals surface area contributed by atoms with Gasteiger partial charge in [0.15, 0.2) is 0 Å². The Labute approximate surface area is 181 Å². The first-order chi connectivity index (χ1) is 14.7. The zero-order chi connectivity index (χ0) is 22.8. The summed E-state index contributed by atoms with van der Waals surface area (Å²) in [6.45, 7) is 6.68. The number of anilines is 2. The molecule has 8 nitrogen and oxygen atoms in total. The molecular weight excluding hydrogens is 396 g/mol. The van der Waals surface area contributed by atoms with Gasteiger partial charge < -0.3 is 16.0 Å². The lowest BCUT2D eigenvalue weighted by molar-refractivity contribution is -0.136. The Kier molecular flexibility index (Phi) is 6.10. The normalized spacial score (nSPS) is 19.0. The second kappa shape index (κ2) is 8.59. The van der Waals surface area contributed by atoms with Crippen LogP contribution in [-0.4, -0.2) is 34.7 Å². The minimum Gasteiger partial charge on any atom is -0.326 e. The fraction of sp³-hybridized carbons (Fsp3) is 0.304. The van der Waals surface area contributed by atoms with Crippen LogP contribution in [0.1, 0.15) is 38.3 Å². The van der Waals surface area contributed by atoms with Crippen LogP contribution in [0, 0.1) is 6.92 Å². The van der Waals surface area contributed by atoms with E-state index in [1.54, 1.807) is 24.3 Å². The SMILES string of the molecule is CC[C@@]1(c2ccc(C)cc2)NC(=O)N([C@H](C)C(=O)Nc2ccc(NC(C)=O)cc2)C1=O. The molecule has 3 rings (SSSR count). The van der Waals surface area contributed by atoms with Crippen LogP contribution in [0.15, 0.2) is 48.5 Å². The van der Waals surface area contributed by atoms with E-state index < -0.39 is 29.4 Å². The average Bonchev–Trinajstić information content (AvgIpc) is 2.99. The van der Waals surface area contributed by atoms with Gasteiger partial charge in [0.05, 0.1) is 0 Å². The van der Waals surface area contributed by atoms with Crippen molar-refractivity contribution in [3.05, 3.63) is 59.7 Å². The van der Waals surface area contributed by atoms with Crippen molar-refractivity contribution in [3.8, 4) is 0 Å². The zero-order valence-electron chi connectivity index (χ0n) is 18.0. The first kappa shape index (κ1) is 22.0.